The lowest BCUT2D eigenvalue weighted by atomic mass is 10.2. The second kappa shape index (κ2) is 6.78. The molecule has 0 unspecified atom stereocenters. The van der Waals surface area contributed by atoms with Crippen molar-refractivity contribution in [1.82, 2.24) is 0 Å². The molecular formula is C8H15O2. The molecule has 2 nitrogen and oxygen atoms in total. The van der Waals surface area contributed by atoms with E-state index >= 15 is 0 Å². The fourth-order valence-corrected chi connectivity index (χ4v) is 0.620. The smallest absolute Gasteiger partial charge is 0.147 e. The van der Waals surface area contributed by atoms with Crippen molar-refractivity contribution in [3.05, 3.63) is 19.1 Å². The van der Waals surface area contributed by atoms with E-state index in [0.717, 1.165) is 6.42 Å². The first-order valence-corrected chi connectivity index (χ1v) is 3.36. The molecule has 0 aliphatic heterocycles. The van der Waals surface area contributed by atoms with Crippen molar-refractivity contribution >= 4 is 0 Å². The van der Waals surface area contributed by atoms with E-state index in [2.05, 4.69) is 6.58 Å². The van der Waals surface area contributed by atoms with Crippen LogP contribution in [0.5, 0.6) is 0 Å². The lowest BCUT2D eigenvalue weighted by Crippen LogP contribution is -2.10. The summed E-state index contributed by atoms with van der Waals surface area (Å²) in [7, 11) is 1.61. The average Bonchev–Trinajstić information content (AvgIpc) is 1.98. The number of hydrogen-bond acceptors (Lipinski definition) is 2. The van der Waals surface area contributed by atoms with Crippen LogP contribution in [-0.2, 0) is 9.47 Å². The second-order valence-electron chi connectivity index (χ2n) is 1.99. The van der Waals surface area contributed by atoms with Gasteiger partial charge in [-0.3, -0.25) is 0 Å². The van der Waals surface area contributed by atoms with Gasteiger partial charge in [0.15, 0.2) is 0 Å². The van der Waals surface area contributed by atoms with E-state index < -0.39 is 0 Å². The number of rotatable bonds is 6. The Labute approximate surface area is 62.8 Å². The molecular weight excluding hydrogens is 128 g/mol. The van der Waals surface area contributed by atoms with Gasteiger partial charge in [-0.15, -0.1) is 6.58 Å². The monoisotopic (exact) mass is 143 g/mol. The first-order chi connectivity index (χ1) is 4.85. The van der Waals surface area contributed by atoms with E-state index in [-0.39, 0.29) is 6.10 Å². The molecule has 0 saturated carbocycles. The maximum absolute atomic E-state index is 5.21. The maximum atomic E-state index is 5.21. The van der Waals surface area contributed by atoms with Crippen molar-refractivity contribution in [2.75, 3.05) is 13.9 Å². The van der Waals surface area contributed by atoms with Crippen LogP contribution in [0.4, 0.5) is 0 Å². The Bertz CT molecular complexity index is 81.3. The fraction of sp³-hybridized carbons (Fsp3) is 0.625. The van der Waals surface area contributed by atoms with E-state index in [0.29, 0.717) is 6.79 Å². The summed E-state index contributed by atoms with van der Waals surface area (Å²) in [6.07, 6.45) is 4.82. The SMILES string of the molecule is C=C[C@H](C[CH]C)OCOC. The highest BCUT2D eigenvalue weighted by Gasteiger charge is 2.00. The predicted octanol–water partition coefficient (Wildman–Crippen LogP) is 1.78. The Kier molecular flexibility index (Phi) is 6.55. The Morgan fingerprint density at radius 3 is 2.70 bits per heavy atom. The molecule has 0 amide bonds. The highest BCUT2D eigenvalue weighted by atomic mass is 16.7. The van der Waals surface area contributed by atoms with Gasteiger partial charge in [0, 0.05) is 7.11 Å². The van der Waals surface area contributed by atoms with E-state index in [9.17, 15) is 0 Å². The summed E-state index contributed by atoms with van der Waals surface area (Å²) in [5, 5.41) is 0. The normalized spacial score (nSPS) is 13.0. The third-order valence-electron chi connectivity index (χ3n) is 1.13. The van der Waals surface area contributed by atoms with E-state index in [1.807, 2.05) is 13.3 Å². The van der Waals surface area contributed by atoms with Crippen molar-refractivity contribution in [1.29, 1.82) is 0 Å². The van der Waals surface area contributed by atoms with Crippen LogP contribution >= 0.6 is 0 Å². The van der Waals surface area contributed by atoms with Crippen molar-refractivity contribution in [3.8, 4) is 0 Å². The Morgan fingerprint density at radius 2 is 2.30 bits per heavy atom. The van der Waals surface area contributed by atoms with Gasteiger partial charge in [0.05, 0.1) is 6.10 Å². The Morgan fingerprint density at radius 1 is 1.60 bits per heavy atom. The molecule has 0 fully saturated rings. The summed E-state index contributed by atoms with van der Waals surface area (Å²) < 4.78 is 9.95. The minimum Gasteiger partial charge on any atom is -0.359 e. The molecule has 0 aliphatic carbocycles. The standard InChI is InChI=1S/C8H15O2/c1-4-6-8(5-2)10-7-9-3/h4-5,8H,2,6-7H2,1,3H3/t8-/m1/s1. The van der Waals surface area contributed by atoms with Gasteiger partial charge in [-0.1, -0.05) is 13.0 Å². The molecule has 59 valence electrons. The zero-order valence-corrected chi connectivity index (χ0v) is 6.67. The highest BCUT2D eigenvalue weighted by Crippen LogP contribution is 2.01. The highest BCUT2D eigenvalue weighted by molar-refractivity contribution is 4.82. The summed E-state index contributed by atoms with van der Waals surface area (Å²) in [5.41, 5.74) is 0. The average molecular weight is 143 g/mol. The number of methoxy groups -OCH3 is 1. The van der Waals surface area contributed by atoms with Crippen LogP contribution in [0, 0.1) is 6.42 Å². The lowest BCUT2D eigenvalue weighted by molar-refractivity contribution is -0.0550. The minimum absolute atomic E-state index is 0.102. The zero-order valence-electron chi connectivity index (χ0n) is 6.67. The third-order valence-corrected chi connectivity index (χ3v) is 1.13. The van der Waals surface area contributed by atoms with Crippen LogP contribution in [0.2, 0.25) is 0 Å². The van der Waals surface area contributed by atoms with Crippen molar-refractivity contribution in [3.63, 3.8) is 0 Å². The molecule has 10 heavy (non-hydrogen) atoms. The third kappa shape index (κ3) is 4.53. The molecule has 1 radical (unpaired) electrons. The van der Waals surface area contributed by atoms with Gasteiger partial charge in [0.1, 0.15) is 6.79 Å². The zero-order chi connectivity index (χ0) is 7.82. The van der Waals surface area contributed by atoms with Gasteiger partial charge in [-0.2, -0.15) is 0 Å². The molecule has 0 heterocycles. The van der Waals surface area contributed by atoms with Crippen molar-refractivity contribution in [2.45, 2.75) is 19.4 Å². The number of hydrogen-bond donors (Lipinski definition) is 0. The Hall–Kier alpha value is -0.340. The molecule has 0 aromatic heterocycles. The van der Waals surface area contributed by atoms with Crippen LogP contribution in [0.15, 0.2) is 12.7 Å². The van der Waals surface area contributed by atoms with Crippen molar-refractivity contribution in [2.24, 2.45) is 0 Å². The van der Waals surface area contributed by atoms with Gasteiger partial charge >= 0.3 is 0 Å². The Balaban J connectivity index is 3.29. The molecule has 0 spiro atoms. The summed E-state index contributed by atoms with van der Waals surface area (Å²) in [4.78, 5) is 0. The summed E-state index contributed by atoms with van der Waals surface area (Å²) in [5.74, 6) is 0. The molecule has 2 heteroatoms. The van der Waals surface area contributed by atoms with E-state index in [4.69, 9.17) is 9.47 Å². The van der Waals surface area contributed by atoms with Gasteiger partial charge in [-0.25, -0.2) is 0 Å². The quantitative estimate of drug-likeness (QED) is 0.417. The second-order valence-corrected chi connectivity index (χ2v) is 1.99. The van der Waals surface area contributed by atoms with Gasteiger partial charge in [0.2, 0.25) is 0 Å². The molecule has 0 aromatic rings. The van der Waals surface area contributed by atoms with Crippen LogP contribution < -0.4 is 0 Å². The topological polar surface area (TPSA) is 18.5 Å². The van der Waals surface area contributed by atoms with Gasteiger partial charge in [-0.05, 0) is 12.8 Å². The molecule has 0 saturated heterocycles. The molecule has 0 N–H and O–H groups in total. The molecule has 0 aliphatic rings. The first-order valence-electron chi connectivity index (χ1n) is 3.36. The van der Waals surface area contributed by atoms with E-state index in [1.165, 1.54) is 0 Å². The lowest BCUT2D eigenvalue weighted by Gasteiger charge is -2.10. The van der Waals surface area contributed by atoms with Crippen LogP contribution in [0.3, 0.4) is 0 Å². The number of ether oxygens (including phenoxy) is 2. The maximum Gasteiger partial charge on any atom is 0.147 e. The molecule has 0 aromatic carbocycles. The van der Waals surface area contributed by atoms with Crippen molar-refractivity contribution < 1.29 is 9.47 Å². The summed E-state index contributed by atoms with van der Waals surface area (Å²) in [6.45, 7) is 5.96. The van der Waals surface area contributed by atoms with Crippen LogP contribution in [0.1, 0.15) is 13.3 Å². The van der Waals surface area contributed by atoms with Gasteiger partial charge in [0.25, 0.3) is 0 Å². The molecule has 1 atom stereocenters. The molecule has 0 rings (SSSR count). The van der Waals surface area contributed by atoms with Gasteiger partial charge < -0.3 is 9.47 Å². The molecule has 0 bridgehead atoms. The largest absolute Gasteiger partial charge is 0.359 e. The fourth-order valence-electron chi connectivity index (χ4n) is 0.620. The summed E-state index contributed by atoms with van der Waals surface area (Å²) >= 11 is 0. The minimum atomic E-state index is 0.102. The predicted molar refractivity (Wildman–Crippen MR) is 41.5 cm³/mol. The van der Waals surface area contributed by atoms with Crippen LogP contribution in [-0.4, -0.2) is 20.0 Å². The van der Waals surface area contributed by atoms with E-state index in [1.54, 1.807) is 13.2 Å². The summed E-state index contributed by atoms with van der Waals surface area (Å²) in [6, 6.07) is 0. The first kappa shape index (κ1) is 9.66. The van der Waals surface area contributed by atoms with Crippen LogP contribution in [0.25, 0.3) is 0 Å².